The van der Waals surface area contributed by atoms with Crippen molar-refractivity contribution >= 4 is 44.3 Å². The van der Waals surface area contributed by atoms with Gasteiger partial charge in [0.15, 0.2) is 0 Å². The van der Waals surface area contributed by atoms with Crippen molar-refractivity contribution in [2.24, 2.45) is 0 Å². The van der Waals surface area contributed by atoms with Gasteiger partial charge in [-0.3, -0.25) is 4.98 Å². The number of hydrogen-bond donors (Lipinski definition) is 1. The summed E-state index contributed by atoms with van der Waals surface area (Å²) < 4.78 is 1.01. The van der Waals surface area contributed by atoms with Gasteiger partial charge in [-0.05, 0) is 40.2 Å². The standard InChI is InChI=1S/C17H15BrN2S/c18-14-11-13-5-4-8-16(17(13)20-12-14)19-9-10-21-15-6-2-1-3-7-15/h1-8,11-12,19H,9-10H2. The molecule has 21 heavy (non-hydrogen) atoms. The van der Waals surface area contributed by atoms with Crippen molar-refractivity contribution in [1.29, 1.82) is 0 Å². The normalized spacial score (nSPS) is 10.7. The van der Waals surface area contributed by atoms with Gasteiger partial charge in [0.05, 0.1) is 11.2 Å². The van der Waals surface area contributed by atoms with Gasteiger partial charge >= 0.3 is 0 Å². The number of pyridine rings is 1. The third-order valence-electron chi connectivity index (χ3n) is 3.11. The molecule has 0 saturated carbocycles. The predicted octanol–water partition coefficient (Wildman–Crippen LogP) is 5.20. The first-order valence-corrected chi connectivity index (χ1v) is 8.57. The van der Waals surface area contributed by atoms with Gasteiger partial charge in [0.1, 0.15) is 0 Å². The minimum Gasteiger partial charge on any atom is -0.382 e. The van der Waals surface area contributed by atoms with Gasteiger partial charge in [-0.15, -0.1) is 11.8 Å². The second kappa shape index (κ2) is 6.96. The zero-order valence-corrected chi connectivity index (χ0v) is 13.8. The molecule has 0 aliphatic carbocycles. The number of halogens is 1. The van der Waals surface area contributed by atoms with Crippen LogP contribution in [0.4, 0.5) is 5.69 Å². The molecule has 1 aromatic heterocycles. The Hall–Kier alpha value is -1.52. The molecule has 0 unspecified atom stereocenters. The Labute approximate surface area is 137 Å². The third-order valence-corrected chi connectivity index (χ3v) is 4.55. The summed E-state index contributed by atoms with van der Waals surface area (Å²) in [7, 11) is 0. The molecule has 0 amide bonds. The van der Waals surface area contributed by atoms with E-state index in [1.165, 1.54) is 4.90 Å². The number of nitrogens with one attached hydrogen (secondary N) is 1. The maximum Gasteiger partial charge on any atom is 0.0934 e. The minimum atomic E-state index is 0.913. The number of benzene rings is 2. The third kappa shape index (κ3) is 3.77. The van der Waals surface area contributed by atoms with Gasteiger partial charge in [0, 0.05) is 33.2 Å². The fourth-order valence-electron chi connectivity index (χ4n) is 2.15. The van der Waals surface area contributed by atoms with Crippen LogP contribution in [0.25, 0.3) is 10.9 Å². The number of para-hydroxylation sites is 1. The maximum absolute atomic E-state index is 4.50. The van der Waals surface area contributed by atoms with E-state index < -0.39 is 0 Å². The summed E-state index contributed by atoms with van der Waals surface area (Å²) in [6.45, 7) is 0.913. The summed E-state index contributed by atoms with van der Waals surface area (Å²) in [5.74, 6) is 1.02. The molecule has 0 bridgehead atoms. The van der Waals surface area contributed by atoms with Crippen molar-refractivity contribution in [3.8, 4) is 0 Å². The largest absolute Gasteiger partial charge is 0.382 e. The first-order valence-electron chi connectivity index (χ1n) is 6.79. The van der Waals surface area contributed by atoms with Crippen molar-refractivity contribution in [3.63, 3.8) is 0 Å². The zero-order chi connectivity index (χ0) is 14.5. The van der Waals surface area contributed by atoms with Gasteiger partial charge in [0.2, 0.25) is 0 Å². The van der Waals surface area contributed by atoms with Gasteiger partial charge in [-0.25, -0.2) is 0 Å². The van der Waals surface area contributed by atoms with Crippen LogP contribution in [-0.4, -0.2) is 17.3 Å². The molecule has 4 heteroatoms. The molecule has 1 heterocycles. The number of thioether (sulfide) groups is 1. The predicted molar refractivity (Wildman–Crippen MR) is 95.1 cm³/mol. The van der Waals surface area contributed by atoms with Crippen molar-refractivity contribution in [1.82, 2.24) is 4.98 Å². The fraction of sp³-hybridized carbons (Fsp3) is 0.118. The van der Waals surface area contributed by atoms with Crippen LogP contribution in [0.15, 0.2) is 70.2 Å². The van der Waals surface area contributed by atoms with Crippen LogP contribution in [0.1, 0.15) is 0 Å². The van der Waals surface area contributed by atoms with Crippen molar-refractivity contribution < 1.29 is 0 Å². The van der Waals surface area contributed by atoms with Crippen LogP contribution in [0.2, 0.25) is 0 Å². The molecule has 2 aromatic carbocycles. The van der Waals surface area contributed by atoms with E-state index >= 15 is 0 Å². The van der Waals surface area contributed by atoms with Crippen LogP contribution in [0.3, 0.4) is 0 Å². The van der Waals surface area contributed by atoms with Crippen LogP contribution in [-0.2, 0) is 0 Å². The fourth-order valence-corrected chi connectivity index (χ4v) is 3.29. The second-order valence-corrected chi connectivity index (χ2v) is 6.70. The Kier molecular flexibility index (Phi) is 4.78. The van der Waals surface area contributed by atoms with Crippen LogP contribution in [0.5, 0.6) is 0 Å². The van der Waals surface area contributed by atoms with E-state index in [0.29, 0.717) is 0 Å². The van der Waals surface area contributed by atoms with E-state index in [2.05, 4.69) is 74.8 Å². The zero-order valence-electron chi connectivity index (χ0n) is 11.4. The molecule has 0 saturated heterocycles. The molecule has 3 rings (SSSR count). The van der Waals surface area contributed by atoms with E-state index in [4.69, 9.17) is 0 Å². The molecule has 0 spiro atoms. The van der Waals surface area contributed by atoms with Crippen molar-refractivity contribution in [3.05, 3.63) is 65.3 Å². The second-order valence-electron chi connectivity index (χ2n) is 4.62. The highest BCUT2D eigenvalue weighted by Crippen LogP contribution is 2.24. The summed E-state index contributed by atoms with van der Waals surface area (Å²) in [4.78, 5) is 5.81. The number of rotatable bonds is 5. The Morgan fingerprint density at radius 1 is 1.05 bits per heavy atom. The van der Waals surface area contributed by atoms with Gasteiger partial charge in [0.25, 0.3) is 0 Å². The molecule has 2 nitrogen and oxygen atoms in total. The minimum absolute atomic E-state index is 0.913. The number of anilines is 1. The summed E-state index contributed by atoms with van der Waals surface area (Å²) in [6.07, 6.45) is 1.84. The first kappa shape index (κ1) is 14.4. The highest BCUT2D eigenvalue weighted by Gasteiger charge is 2.02. The number of fused-ring (bicyclic) bond motifs is 1. The molecule has 106 valence electrons. The number of hydrogen-bond acceptors (Lipinski definition) is 3. The molecular formula is C17H15BrN2S. The Morgan fingerprint density at radius 3 is 2.76 bits per heavy atom. The molecule has 0 aliphatic rings. The van der Waals surface area contributed by atoms with Crippen LogP contribution in [0, 0.1) is 0 Å². The molecule has 0 aliphatic heterocycles. The summed E-state index contributed by atoms with van der Waals surface area (Å²) >= 11 is 5.32. The molecule has 0 fully saturated rings. The Bertz CT molecular complexity index is 731. The number of nitrogens with zero attached hydrogens (tertiary/aromatic N) is 1. The van der Waals surface area contributed by atoms with Gasteiger partial charge in [-0.2, -0.15) is 0 Å². The lowest BCUT2D eigenvalue weighted by Gasteiger charge is -2.09. The summed E-state index contributed by atoms with van der Waals surface area (Å²) in [6, 6.07) is 18.8. The monoisotopic (exact) mass is 358 g/mol. The highest BCUT2D eigenvalue weighted by atomic mass is 79.9. The van der Waals surface area contributed by atoms with Crippen molar-refractivity contribution in [2.45, 2.75) is 4.90 Å². The van der Waals surface area contributed by atoms with Crippen LogP contribution >= 0.6 is 27.7 Å². The molecule has 3 aromatic rings. The molecule has 1 N–H and O–H groups in total. The highest BCUT2D eigenvalue weighted by molar-refractivity contribution is 9.10. The van der Waals surface area contributed by atoms with Gasteiger partial charge < -0.3 is 5.32 Å². The topological polar surface area (TPSA) is 24.9 Å². The lowest BCUT2D eigenvalue weighted by atomic mass is 10.2. The number of aromatic nitrogens is 1. The summed E-state index contributed by atoms with van der Waals surface area (Å²) in [5, 5.41) is 4.62. The average molecular weight is 359 g/mol. The van der Waals surface area contributed by atoms with E-state index in [0.717, 1.165) is 33.4 Å². The van der Waals surface area contributed by atoms with E-state index in [1.54, 1.807) is 0 Å². The molecule has 0 radical (unpaired) electrons. The quantitative estimate of drug-likeness (QED) is 0.501. The maximum atomic E-state index is 4.50. The Balaban J connectivity index is 1.63. The Morgan fingerprint density at radius 2 is 1.90 bits per heavy atom. The van der Waals surface area contributed by atoms with E-state index in [9.17, 15) is 0 Å². The summed E-state index contributed by atoms with van der Waals surface area (Å²) in [5.41, 5.74) is 2.11. The van der Waals surface area contributed by atoms with Crippen molar-refractivity contribution in [2.75, 3.05) is 17.6 Å². The smallest absolute Gasteiger partial charge is 0.0934 e. The average Bonchev–Trinajstić information content (AvgIpc) is 2.52. The van der Waals surface area contributed by atoms with E-state index in [1.807, 2.05) is 24.0 Å². The van der Waals surface area contributed by atoms with Gasteiger partial charge in [-0.1, -0.05) is 30.3 Å². The lowest BCUT2D eigenvalue weighted by Crippen LogP contribution is -2.04. The lowest BCUT2D eigenvalue weighted by molar-refractivity contribution is 1.22. The first-order chi connectivity index (χ1) is 10.3. The van der Waals surface area contributed by atoms with Crippen LogP contribution < -0.4 is 5.32 Å². The van der Waals surface area contributed by atoms with E-state index in [-0.39, 0.29) is 0 Å². The SMILES string of the molecule is Brc1cnc2c(NCCSc3ccccc3)cccc2c1. The molecular weight excluding hydrogens is 344 g/mol. The molecule has 0 atom stereocenters.